The summed E-state index contributed by atoms with van der Waals surface area (Å²) in [6, 6.07) is 0. The molecule has 2 nitrogen and oxygen atoms in total. The molecule has 0 spiro atoms. The van der Waals surface area contributed by atoms with E-state index in [0.717, 1.165) is 18.5 Å². The molecule has 0 aliphatic carbocycles. The highest BCUT2D eigenvalue weighted by atomic mass is 28.3. The van der Waals surface area contributed by atoms with Crippen molar-refractivity contribution in [3.63, 3.8) is 0 Å². The first-order valence-corrected chi connectivity index (χ1v) is 10.4. The first kappa shape index (κ1) is 14.8. The smallest absolute Gasteiger partial charge is 0.104 e. The monoisotopic (exact) mass is 253 g/mol. The average molecular weight is 253 g/mol. The van der Waals surface area contributed by atoms with Crippen LogP contribution in [0, 0.1) is 11.8 Å². The zero-order valence-electron chi connectivity index (χ0n) is 11.6. The molecule has 0 bridgehead atoms. The fourth-order valence-corrected chi connectivity index (χ4v) is 5.18. The first-order chi connectivity index (χ1) is 8.05. The van der Waals surface area contributed by atoms with Crippen molar-refractivity contribution < 1.29 is 5.11 Å². The molecule has 1 aliphatic heterocycles. The molecular weight excluding hydrogens is 226 g/mol. The molecule has 3 heteroatoms. The second-order valence-electron chi connectivity index (χ2n) is 6.03. The summed E-state index contributed by atoms with van der Waals surface area (Å²) in [4.78, 5) is 2.70. The van der Waals surface area contributed by atoms with Crippen molar-refractivity contribution >= 4 is 8.07 Å². The van der Waals surface area contributed by atoms with E-state index < -0.39 is 8.07 Å². The van der Waals surface area contributed by atoms with Crippen LogP contribution in [0.5, 0.6) is 0 Å². The van der Waals surface area contributed by atoms with Crippen LogP contribution in [0.15, 0.2) is 0 Å². The van der Waals surface area contributed by atoms with Gasteiger partial charge in [-0.2, -0.15) is 0 Å². The van der Waals surface area contributed by atoms with E-state index in [9.17, 15) is 0 Å². The van der Waals surface area contributed by atoms with Gasteiger partial charge in [-0.3, -0.25) is 0 Å². The van der Waals surface area contributed by atoms with Crippen molar-refractivity contribution in [3.05, 3.63) is 0 Å². The molecule has 1 saturated heterocycles. The molecule has 0 aromatic carbocycles. The highest BCUT2D eigenvalue weighted by Gasteiger charge is 2.33. The van der Waals surface area contributed by atoms with Gasteiger partial charge in [0.05, 0.1) is 8.07 Å². The summed E-state index contributed by atoms with van der Waals surface area (Å²) in [5, 5.41) is 8.58. The Bertz CT molecular complexity index is 274. The highest BCUT2D eigenvalue weighted by molar-refractivity contribution is 6.77. The maximum absolute atomic E-state index is 8.58. The van der Waals surface area contributed by atoms with Crippen molar-refractivity contribution in [1.29, 1.82) is 0 Å². The van der Waals surface area contributed by atoms with Gasteiger partial charge in [-0.15, -0.1) is 5.92 Å². The van der Waals surface area contributed by atoms with Crippen LogP contribution in [0.1, 0.15) is 32.1 Å². The second kappa shape index (κ2) is 7.20. The van der Waals surface area contributed by atoms with Crippen molar-refractivity contribution in [3.8, 4) is 11.8 Å². The van der Waals surface area contributed by atoms with Crippen molar-refractivity contribution in [1.82, 2.24) is 4.90 Å². The number of unbranched alkanes of at least 4 members (excludes halogenated alkanes) is 1. The van der Waals surface area contributed by atoms with E-state index in [1.165, 1.54) is 32.4 Å². The second-order valence-corrected chi connectivity index (χ2v) is 11.4. The summed E-state index contributed by atoms with van der Waals surface area (Å²) in [5.74, 6) is 5.74. The minimum atomic E-state index is -1.04. The van der Waals surface area contributed by atoms with Gasteiger partial charge in [0.15, 0.2) is 0 Å². The molecule has 1 unspecified atom stereocenters. The van der Waals surface area contributed by atoms with Gasteiger partial charge in [-0.25, -0.2) is 0 Å². The lowest BCUT2D eigenvalue weighted by Crippen LogP contribution is -2.53. The molecule has 0 saturated carbocycles. The highest BCUT2D eigenvalue weighted by Crippen LogP contribution is 2.25. The third-order valence-electron chi connectivity index (χ3n) is 3.56. The lowest BCUT2D eigenvalue weighted by atomic mass is 10.1. The zero-order valence-corrected chi connectivity index (χ0v) is 12.6. The minimum Gasteiger partial charge on any atom is -0.384 e. The molecule has 1 atom stereocenters. The molecular formula is C14H27NOSi. The van der Waals surface area contributed by atoms with Crippen molar-refractivity contribution in [2.75, 3.05) is 19.7 Å². The van der Waals surface area contributed by atoms with E-state index in [1.54, 1.807) is 0 Å². The van der Waals surface area contributed by atoms with Crippen molar-refractivity contribution in [2.45, 2.75) is 57.4 Å². The first-order valence-electron chi connectivity index (χ1n) is 6.86. The maximum atomic E-state index is 8.58. The predicted molar refractivity (Wildman–Crippen MR) is 76.7 cm³/mol. The van der Waals surface area contributed by atoms with Crippen LogP contribution >= 0.6 is 0 Å². The average Bonchev–Trinajstić information content (AvgIpc) is 2.28. The molecule has 1 N–H and O–H groups in total. The fraction of sp³-hybridized carbons (Fsp3) is 0.857. The number of rotatable bonds is 4. The van der Waals surface area contributed by atoms with Crippen LogP contribution in [-0.2, 0) is 0 Å². The van der Waals surface area contributed by atoms with Gasteiger partial charge in [-0.1, -0.05) is 32.0 Å². The molecule has 0 aromatic heterocycles. The third-order valence-corrected chi connectivity index (χ3v) is 6.22. The van der Waals surface area contributed by atoms with Gasteiger partial charge in [0, 0.05) is 12.1 Å². The van der Waals surface area contributed by atoms with Gasteiger partial charge < -0.3 is 10.0 Å². The Balaban J connectivity index is 2.38. The summed E-state index contributed by atoms with van der Waals surface area (Å²) >= 11 is 0. The lowest BCUT2D eigenvalue weighted by Gasteiger charge is -2.42. The maximum Gasteiger partial charge on any atom is 0.104 e. The van der Waals surface area contributed by atoms with Crippen LogP contribution in [-0.4, -0.2) is 43.4 Å². The predicted octanol–water partition coefficient (Wildman–Crippen LogP) is 2.49. The number of nitrogens with zero attached hydrogens (tertiary/aromatic N) is 1. The number of aliphatic hydroxyl groups is 1. The van der Waals surface area contributed by atoms with Gasteiger partial charge in [0.1, 0.15) is 6.61 Å². The van der Waals surface area contributed by atoms with Gasteiger partial charge in [0.25, 0.3) is 0 Å². The molecule has 0 aromatic rings. The van der Waals surface area contributed by atoms with Crippen LogP contribution in [0.3, 0.4) is 0 Å². The molecule has 1 fully saturated rings. The largest absolute Gasteiger partial charge is 0.384 e. The quantitative estimate of drug-likeness (QED) is 0.473. The van der Waals surface area contributed by atoms with Gasteiger partial charge >= 0.3 is 0 Å². The lowest BCUT2D eigenvalue weighted by molar-refractivity contribution is 0.192. The summed E-state index contributed by atoms with van der Waals surface area (Å²) in [6.45, 7) is 9.93. The Labute approximate surface area is 107 Å². The van der Waals surface area contributed by atoms with E-state index in [0.29, 0.717) is 0 Å². The Morgan fingerprint density at radius 2 is 2.00 bits per heavy atom. The Kier molecular flexibility index (Phi) is 6.25. The van der Waals surface area contributed by atoms with E-state index >= 15 is 0 Å². The molecule has 0 amide bonds. The van der Waals surface area contributed by atoms with Crippen LogP contribution in [0.2, 0.25) is 19.6 Å². The Hall–Kier alpha value is -0.303. The molecule has 1 rings (SSSR count). The van der Waals surface area contributed by atoms with E-state index in [4.69, 9.17) is 5.11 Å². The molecule has 98 valence electrons. The summed E-state index contributed by atoms with van der Waals surface area (Å²) in [5.41, 5.74) is 0.863. The Morgan fingerprint density at radius 3 is 2.65 bits per heavy atom. The van der Waals surface area contributed by atoms with Gasteiger partial charge in [-0.05, 0) is 32.4 Å². The molecule has 1 aliphatic rings. The van der Waals surface area contributed by atoms with Gasteiger partial charge in [0.2, 0.25) is 0 Å². The topological polar surface area (TPSA) is 23.5 Å². The fourth-order valence-electron chi connectivity index (χ4n) is 2.75. The van der Waals surface area contributed by atoms with E-state index in [-0.39, 0.29) is 6.61 Å². The molecule has 1 heterocycles. The Morgan fingerprint density at radius 1 is 1.24 bits per heavy atom. The summed E-state index contributed by atoms with van der Waals surface area (Å²) < 4.78 is 0. The number of hydrogen-bond acceptors (Lipinski definition) is 2. The summed E-state index contributed by atoms with van der Waals surface area (Å²) in [7, 11) is -1.04. The number of likely N-dealkylation sites (tertiary alicyclic amines) is 1. The SMILES string of the molecule is C[Si](C)(C)C1CCCCN1CCCC#CCO. The standard InChI is InChI=1S/C14H27NOSi/c1-17(2,3)14-10-6-8-12-15(14)11-7-4-5-9-13-16/h14,16H,4,6-8,10-13H2,1-3H3. The zero-order chi connectivity index (χ0) is 12.7. The number of aliphatic hydroxyl groups excluding tert-OH is 1. The molecule has 0 radical (unpaired) electrons. The third kappa shape index (κ3) is 5.24. The van der Waals surface area contributed by atoms with E-state index in [1.807, 2.05) is 0 Å². The summed E-state index contributed by atoms with van der Waals surface area (Å²) in [6.07, 6.45) is 6.25. The minimum absolute atomic E-state index is 0.00123. The van der Waals surface area contributed by atoms with Crippen LogP contribution < -0.4 is 0 Å². The van der Waals surface area contributed by atoms with Crippen LogP contribution in [0.4, 0.5) is 0 Å². The molecule has 17 heavy (non-hydrogen) atoms. The van der Waals surface area contributed by atoms with Crippen LogP contribution in [0.25, 0.3) is 0 Å². The number of piperidine rings is 1. The number of hydrogen-bond donors (Lipinski definition) is 1. The van der Waals surface area contributed by atoms with Crippen molar-refractivity contribution in [2.24, 2.45) is 0 Å². The van der Waals surface area contributed by atoms with E-state index in [2.05, 4.69) is 36.4 Å². The normalized spacial score (nSPS) is 22.0.